The van der Waals surface area contributed by atoms with Crippen molar-refractivity contribution < 1.29 is 23.9 Å². The highest BCUT2D eigenvalue weighted by Crippen LogP contribution is 2.21. The SMILES string of the molecule is C[C@H](SCC(=O)Nc1ccc(F)cc1)C(=O)N1CCC[C@H](C(=O)O)C1. The number of piperidine rings is 1. The van der Waals surface area contributed by atoms with Crippen LogP contribution in [0.5, 0.6) is 0 Å². The van der Waals surface area contributed by atoms with Gasteiger partial charge in [-0.15, -0.1) is 11.8 Å². The maximum atomic E-state index is 12.8. The number of carboxylic acid groups (broad SMARTS) is 1. The van der Waals surface area contributed by atoms with E-state index in [0.717, 1.165) is 0 Å². The smallest absolute Gasteiger partial charge is 0.308 e. The second kappa shape index (κ2) is 8.84. The van der Waals surface area contributed by atoms with Crippen LogP contribution in [-0.4, -0.2) is 51.9 Å². The van der Waals surface area contributed by atoms with E-state index in [2.05, 4.69) is 5.32 Å². The van der Waals surface area contributed by atoms with Crippen LogP contribution in [0.15, 0.2) is 24.3 Å². The molecule has 2 rings (SSSR count). The predicted octanol–water partition coefficient (Wildman–Crippen LogP) is 2.21. The molecule has 0 bridgehead atoms. The average molecular weight is 368 g/mol. The molecule has 0 aliphatic carbocycles. The lowest BCUT2D eigenvalue weighted by Crippen LogP contribution is -2.45. The Balaban J connectivity index is 1.79. The fourth-order valence-corrected chi connectivity index (χ4v) is 3.40. The lowest BCUT2D eigenvalue weighted by molar-refractivity contribution is -0.145. The highest BCUT2D eigenvalue weighted by atomic mass is 32.2. The Morgan fingerprint density at radius 1 is 1.36 bits per heavy atom. The molecule has 1 fully saturated rings. The van der Waals surface area contributed by atoms with Crippen LogP contribution in [0.2, 0.25) is 0 Å². The van der Waals surface area contributed by atoms with E-state index >= 15 is 0 Å². The van der Waals surface area contributed by atoms with E-state index in [1.54, 1.807) is 11.8 Å². The van der Waals surface area contributed by atoms with Gasteiger partial charge >= 0.3 is 5.97 Å². The summed E-state index contributed by atoms with van der Waals surface area (Å²) in [6.45, 7) is 2.48. The van der Waals surface area contributed by atoms with Gasteiger partial charge in [-0.3, -0.25) is 14.4 Å². The molecule has 6 nitrogen and oxygen atoms in total. The van der Waals surface area contributed by atoms with Gasteiger partial charge in [0.05, 0.1) is 16.9 Å². The Morgan fingerprint density at radius 3 is 2.68 bits per heavy atom. The van der Waals surface area contributed by atoms with Crippen molar-refractivity contribution in [3.8, 4) is 0 Å². The van der Waals surface area contributed by atoms with Crippen molar-refractivity contribution in [1.29, 1.82) is 0 Å². The van der Waals surface area contributed by atoms with Crippen molar-refractivity contribution in [3.63, 3.8) is 0 Å². The van der Waals surface area contributed by atoms with E-state index in [1.807, 2.05) is 0 Å². The predicted molar refractivity (Wildman–Crippen MR) is 93.9 cm³/mol. The first-order valence-electron chi connectivity index (χ1n) is 8.05. The van der Waals surface area contributed by atoms with Gasteiger partial charge in [0.2, 0.25) is 11.8 Å². The minimum atomic E-state index is -0.878. The molecule has 1 aliphatic heterocycles. The van der Waals surface area contributed by atoms with Crippen LogP contribution in [0.3, 0.4) is 0 Å². The summed E-state index contributed by atoms with van der Waals surface area (Å²) in [4.78, 5) is 37.0. The number of rotatable bonds is 6. The Hall–Kier alpha value is -2.09. The van der Waals surface area contributed by atoms with Crippen LogP contribution < -0.4 is 5.32 Å². The summed E-state index contributed by atoms with van der Waals surface area (Å²) in [5.74, 6) is -2.12. The number of amides is 2. The van der Waals surface area contributed by atoms with Crippen LogP contribution in [0.1, 0.15) is 19.8 Å². The Bertz CT molecular complexity index is 638. The highest BCUT2D eigenvalue weighted by molar-refractivity contribution is 8.01. The van der Waals surface area contributed by atoms with Crippen molar-refractivity contribution >= 4 is 35.2 Å². The number of carbonyl (C=O) groups is 3. The standard InChI is InChI=1S/C17H21FN2O4S/c1-11(16(22)20-8-2-3-12(9-20)17(23)24)25-10-15(21)19-14-6-4-13(18)5-7-14/h4-7,11-12H,2-3,8-10H2,1H3,(H,19,21)(H,23,24)/t11-,12-/m0/s1. The van der Waals surface area contributed by atoms with Crippen LogP contribution in [0, 0.1) is 11.7 Å². The largest absolute Gasteiger partial charge is 0.481 e. The van der Waals surface area contributed by atoms with Crippen molar-refractivity contribution in [2.45, 2.75) is 25.0 Å². The second-order valence-corrected chi connectivity index (χ2v) is 7.30. The average Bonchev–Trinajstić information content (AvgIpc) is 2.61. The summed E-state index contributed by atoms with van der Waals surface area (Å²) in [6.07, 6.45) is 1.26. The van der Waals surface area contributed by atoms with Gasteiger partial charge < -0.3 is 15.3 Å². The second-order valence-electron chi connectivity index (χ2n) is 5.97. The van der Waals surface area contributed by atoms with Gasteiger partial charge in [0.15, 0.2) is 0 Å². The number of nitrogens with zero attached hydrogens (tertiary/aromatic N) is 1. The molecule has 0 spiro atoms. The summed E-state index contributed by atoms with van der Waals surface area (Å²) in [5, 5.41) is 11.3. The first kappa shape index (κ1) is 19.2. The van der Waals surface area contributed by atoms with E-state index < -0.39 is 17.1 Å². The number of likely N-dealkylation sites (tertiary alicyclic amines) is 1. The van der Waals surface area contributed by atoms with E-state index in [-0.39, 0.29) is 29.9 Å². The number of thioether (sulfide) groups is 1. The molecule has 1 saturated heterocycles. The number of aliphatic carboxylic acids is 1. The van der Waals surface area contributed by atoms with E-state index in [0.29, 0.717) is 25.1 Å². The van der Waals surface area contributed by atoms with Crippen LogP contribution >= 0.6 is 11.8 Å². The van der Waals surface area contributed by atoms with Gasteiger partial charge in [0.1, 0.15) is 5.82 Å². The monoisotopic (exact) mass is 368 g/mol. The Labute approximate surface area is 149 Å². The van der Waals surface area contributed by atoms with Gasteiger partial charge in [-0.1, -0.05) is 0 Å². The van der Waals surface area contributed by atoms with Gasteiger partial charge in [0, 0.05) is 18.8 Å². The van der Waals surface area contributed by atoms with Crippen LogP contribution in [0.25, 0.3) is 0 Å². The number of hydrogen-bond donors (Lipinski definition) is 2. The summed E-state index contributed by atoms with van der Waals surface area (Å²) >= 11 is 1.19. The number of carboxylic acids is 1. The Morgan fingerprint density at radius 2 is 2.04 bits per heavy atom. The number of halogens is 1. The molecule has 0 aromatic heterocycles. The van der Waals surface area contributed by atoms with Crippen molar-refractivity contribution in [2.75, 3.05) is 24.2 Å². The molecule has 2 amide bonds. The maximum absolute atomic E-state index is 12.8. The van der Waals surface area contributed by atoms with E-state index in [1.165, 1.54) is 36.0 Å². The summed E-state index contributed by atoms with van der Waals surface area (Å²) in [5.41, 5.74) is 0.492. The normalized spacial score (nSPS) is 18.5. The van der Waals surface area contributed by atoms with Crippen molar-refractivity contribution in [2.24, 2.45) is 5.92 Å². The number of anilines is 1. The first-order valence-corrected chi connectivity index (χ1v) is 9.10. The number of benzene rings is 1. The third-order valence-corrected chi connectivity index (χ3v) is 5.15. The van der Waals surface area contributed by atoms with Crippen molar-refractivity contribution in [3.05, 3.63) is 30.1 Å². The van der Waals surface area contributed by atoms with Gasteiger partial charge in [-0.25, -0.2) is 4.39 Å². The van der Waals surface area contributed by atoms with E-state index in [9.17, 15) is 18.8 Å². The highest BCUT2D eigenvalue weighted by Gasteiger charge is 2.30. The zero-order valence-corrected chi connectivity index (χ0v) is 14.7. The number of nitrogens with one attached hydrogen (secondary N) is 1. The molecule has 1 heterocycles. The zero-order chi connectivity index (χ0) is 18.4. The quantitative estimate of drug-likeness (QED) is 0.804. The number of hydrogen-bond acceptors (Lipinski definition) is 4. The van der Waals surface area contributed by atoms with Gasteiger partial charge in [0.25, 0.3) is 0 Å². The minimum absolute atomic E-state index is 0.0838. The third kappa shape index (κ3) is 5.74. The zero-order valence-electron chi connectivity index (χ0n) is 13.9. The maximum Gasteiger partial charge on any atom is 0.308 e. The van der Waals surface area contributed by atoms with Gasteiger partial charge in [-0.2, -0.15) is 0 Å². The molecule has 2 N–H and O–H groups in total. The summed E-state index contributed by atoms with van der Waals surface area (Å²) in [7, 11) is 0. The van der Waals surface area contributed by atoms with Crippen LogP contribution in [-0.2, 0) is 14.4 Å². The van der Waals surface area contributed by atoms with Crippen LogP contribution in [0.4, 0.5) is 10.1 Å². The third-order valence-electron chi connectivity index (χ3n) is 4.02. The lowest BCUT2D eigenvalue weighted by Gasteiger charge is -2.32. The Kier molecular flexibility index (Phi) is 6.81. The molecular weight excluding hydrogens is 347 g/mol. The molecule has 0 saturated carbocycles. The molecule has 8 heteroatoms. The minimum Gasteiger partial charge on any atom is -0.481 e. The molecule has 2 atom stereocenters. The summed E-state index contributed by atoms with van der Waals surface area (Å²) in [6, 6.07) is 5.44. The summed E-state index contributed by atoms with van der Waals surface area (Å²) < 4.78 is 12.8. The molecule has 1 aliphatic rings. The first-order chi connectivity index (χ1) is 11.9. The lowest BCUT2D eigenvalue weighted by atomic mass is 9.98. The molecule has 136 valence electrons. The molecular formula is C17H21FN2O4S. The molecule has 0 unspecified atom stereocenters. The molecule has 0 radical (unpaired) electrons. The number of carbonyl (C=O) groups excluding carboxylic acids is 2. The van der Waals surface area contributed by atoms with Gasteiger partial charge in [-0.05, 0) is 44.0 Å². The molecule has 1 aromatic carbocycles. The molecule has 25 heavy (non-hydrogen) atoms. The van der Waals surface area contributed by atoms with Crippen molar-refractivity contribution in [1.82, 2.24) is 4.90 Å². The fourth-order valence-electron chi connectivity index (χ4n) is 2.64. The molecule has 1 aromatic rings. The van der Waals surface area contributed by atoms with E-state index in [4.69, 9.17) is 5.11 Å². The fraction of sp³-hybridized carbons (Fsp3) is 0.471. The topological polar surface area (TPSA) is 86.7 Å².